The molecule has 1 aromatic carbocycles. The molecule has 0 saturated carbocycles. The molecule has 0 amide bonds. The van der Waals surface area contributed by atoms with Gasteiger partial charge >= 0.3 is 0 Å². The van der Waals surface area contributed by atoms with Crippen molar-refractivity contribution in [1.29, 1.82) is 0 Å². The number of hydrogen-bond donors (Lipinski definition) is 1. The Morgan fingerprint density at radius 3 is 2.75 bits per heavy atom. The molecular weight excluding hydrogens is 172 g/mol. The van der Waals surface area contributed by atoms with Gasteiger partial charge in [0.25, 0.3) is 0 Å². The molecule has 1 N–H and O–H groups in total. The van der Waals surface area contributed by atoms with Crippen LogP contribution in [0.1, 0.15) is 17.2 Å². The Hall–Kier alpha value is -0.790. The highest BCUT2D eigenvalue weighted by Gasteiger charge is 2.09. The summed E-state index contributed by atoms with van der Waals surface area (Å²) in [7, 11) is 0. The first kappa shape index (κ1) is 9.30. The van der Waals surface area contributed by atoms with Crippen molar-refractivity contribution in [3.05, 3.63) is 47.0 Å². The summed E-state index contributed by atoms with van der Waals surface area (Å²) in [6, 6.07) is 5.53. The van der Waals surface area contributed by atoms with E-state index in [4.69, 9.17) is 11.6 Å². The molecule has 64 valence electrons. The Labute approximate surface area is 77.3 Å². The third-order valence-electron chi connectivity index (χ3n) is 1.79. The van der Waals surface area contributed by atoms with Gasteiger partial charge in [0.1, 0.15) is 0 Å². The Bertz CT molecular complexity index is 274. The van der Waals surface area contributed by atoms with E-state index in [-0.39, 0.29) is 0 Å². The van der Waals surface area contributed by atoms with Gasteiger partial charge in [-0.1, -0.05) is 29.8 Å². The highest BCUT2D eigenvalue weighted by Crippen LogP contribution is 2.26. The van der Waals surface area contributed by atoms with Crippen molar-refractivity contribution in [2.24, 2.45) is 0 Å². The first-order chi connectivity index (χ1) is 5.66. The van der Waals surface area contributed by atoms with Crippen LogP contribution in [0.25, 0.3) is 0 Å². The van der Waals surface area contributed by atoms with Gasteiger partial charge in [-0.3, -0.25) is 0 Å². The SMILES string of the molecule is C=CC(O)c1c(C)cccc1Cl. The molecule has 0 aliphatic rings. The van der Waals surface area contributed by atoms with E-state index in [1.54, 1.807) is 6.07 Å². The fourth-order valence-electron chi connectivity index (χ4n) is 1.14. The number of aliphatic hydroxyl groups is 1. The lowest BCUT2D eigenvalue weighted by Crippen LogP contribution is -1.96. The summed E-state index contributed by atoms with van der Waals surface area (Å²) in [6.45, 7) is 5.42. The van der Waals surface area contributed by atoms with E-state index in [1.165, 1.54) is 6.08 Å². The third-order valence-corrected chi connectivity index (χ3v) is 2.12. The van der Waals surface area contributed by atoms with Gasteiger partial charge in [-0.05, 0) is 18.6 Å². The van der Waals surface area contributed by atoms with Gasteiger partial charge in [-0.15, -0.1) is 6.58 Å². The summed E-state index contributed by atoms with van der Waals surface area (Å²) in [4.78, 5) is 0. The van der Waals surface area contributed by atoms with Gasteiger partial charge in [0.05, 0.1) is 6.10 Å². The highest BCUT2D eigenvalue weighted by molar-refractivity contribution is 6.31. The van der Waals surface area contributed by atoms with E-state index in [0.717, 1.165) is 11.1 Å². The maximum absolute atomic E-state index is 9.49. The lowest BCUT2D eigenvalue weighted by molar-refractivity contribution is 0.228. The molecule has 1 aromatic rings. The molecule has 1 atom stereocenters. The van der Waals surface area contributed by atoms with Crippen LogP contribution < -0.4 is 0 Å². The molecule has 0 fully saturated rings. The van der Waals surface area contributed by atoms with Crippen LogP contribution in [0, 0.1) is 6.92 Å². The largest absolute Gasteiger partial charge is 0.384 e. The second kappa shape index (κ2) is 3.74. The zero-order chi connectivity index (χ0) is 9.14. The average Bonchev–Trinajstić information content (AvgIpc) is 2.03. The molecule has 0 radical (unpaired) electrons. The minimum absolute atomic E-state index is 0.586. The topological polar surface area (TPSA) is 20.2 Å². The Balaban J connectivity index is 3.20. The summed E-state index contributed by atoms with van der Waals surface area (Å²) < 4.78 is 0. The fourth-order valence-corrected chi connectivity index (χ4v) is 1.47. The quantitative estimate of drug-likeness (QED) is 0.698. The van der Waals surface area contributed by atoms with Gasteiger partial charge in [0, 0.05) is 10.6 Å². The number of hydrogen-bond acceptors (Lipinski definition) is 1. The van der Waals surface area contributed by atoms with Crippen LogP contribution in [0.4, 0.5) is 0 Å². The van der Waals surface area contributed by atoms with Gasteiger partial charge in [0.2, 0.25) is 0 Å². The first-order valence-electron chi connectivity index (χ1n) is 3.72. The van der Waals surface area contributed by atoms with Gasteiger partial charge in [0.15, 0.2) is 0 Å². The predicted octanol–water partition coefficient (Wildman–Crippen LogP) is 2.87. The van der Waals surface area contributed by atoms with Crippen LogP contribution in [-0.2, 0) is 0 Å². The Morgan fingerprint density at radius 1 is 1.58 bits per heavy atom. The average molecular weight is 183 g/mol. The molecule has 0 heterocycles. The molecule has 0 bridgehead atoms. The van der Waals surface area contributed by atoms with E-state index >= 15 is 0 Å². The van der Waals surface area contributed by atoms with Gasteiger partial charge in [-0.2, -0.15) is 0 Å². The van der Waals surface area contributed by atoms with E-state index in [2.05, 4.69) is 6.58 Å². The fraction of sp³-hybridized carbons (Fsp3) is 0.200. The summed E-state index contributed by atoms with van der Waals surface area (Å²) in [5, 5.41) is 10.1. The van der Waals surface area contributed by atoms with E-state index in [1.807, 2.05) is 19.1 Å². The number of aryl methyl sites for hydroxylation is 1. The smallest absolute Gasteiger partial charge is 0.0986 e. The maximum atomic E-state index is 9.49. The molecular formula is C10H11ClO. The number of aliphatic hydroxyl groups excluding tert-OH is 1. The van der Waals surface area contributed by atoms with Crippen molar-refractivity contribution < 1.29 is 5.11 Å². The molecule has 2 heteroatoms. The lowest BCUT2D eigenvalue weighted by atomic mass is 10.0. The zero-order valence-corrected chi connectivity index (χ0v) is 7.67. The monoisotopic (exact) mass is 182 g/mol. The third kappa shape index (κ3) is 1.68. The second-order valence-corrected chi connectivity index (χ2v) is 3.06. The van der Waals surface area contributed by atoms with Gasteiger partial charge in [-0.25, -0.2) is 0 Å². The minimum Gasteiger partial charge on any atom is -0.384 e. The zero-order valence-electron chi connectivity index (χ0n) is 6.92. The molecule has 0 spiro atoms. The Morgan fingerprint density at radius 2 is 2.25 bits per heavy atom. The predicted molar refractivity (Wildman–Crippen MR) is 51.3 cm³/mol. The molecule has 1 unspecified atom stereocenters. The molecule has 0 aliphatic carbocycles. The summed E-state index contributed by atoms with van der Waals surface area (Å²) >= 11 is 5.90. The maximum Gasteiger partial charge on any atom is 0.0986 e. The molecule has 1 rings (SSSR count). The summed E-state index contributed by atoms with van der Waals surface area (Å²) in [5.74, 6) is 0. The van der Waals surface area contributed by atoms with Crippen LogP contribution in [0.15, 0.2) is 30.9 Å². The van der Waals surface area contributed by atoms with E-state index in [0.29, 0.717) is 5.02 Å². The van der Waals surface area contributed by atoms with Crippen LogP contribution >= 0.6 is 11.6 Å². The van der Waals surface area contributed by atoms with Crippen molar-refractivity contribution in [2.45, 2.75) is 13.0 Å². The van der Waals surface area contributed by atoms with Gasteiger partial charge < -0.3 is 5.11 Å². The molecule has 0 aromatic heterocycles. The van der Waals surface area contributed by atoms with Crippen molar-refractivity contribution in [2.75, 3.05) is 0 Å². The summed E-state index contributed by atoms with van der Waals surface area (Å²) in [5.41, 5.74) is 1.73. The highest BCUT2D eigenvalue weighted by atomic mass is 35.5. The van der Waals surface area contributed by atoms with Crippen molar-refractivity contribution in [3.8, 4) is 0 Å². The molecule has 0 saturated heterocycles. The molecule has 0 aliphatic heterocycles. The van der Waals surface area contributed by atoms with Crippen LogP contribution in [0.2, 0.25) is 5.02 Å². The first-order valence-corrected chi connectivity index (χ1v) is 4.10. The van der Waals surface area contributed by atoms with Crippen LogP contribution in [0.5, 0.6) is 0 Å². The van der Waals surface area contributed by atoms with Crippen LogP contribution in [-0.4, -0.2) is 5.11 Å². The second-order valence-electron chi connectivity index (χ2n) is 2.65. The van der Waals surface area contributed by atoms with Crippen molar-refractivity contribution in [3.63, 3.8) is 0 Å². The van der Waals surface area contributed by atoms with Crippen molar-refractivity contribution >= 4 is 11.6 Å². The summed E-state index contributed by atoms with van der Waals surface area (Å²) in [6.07, 6.45) is 0.799. The number of rotatable bonds is 2. The van der Waals surface area contributed by atoms with E-state index < -0.39 is 6.10 Å². The number of benzene rings is 1. The normalized spacial score (nSPS) is 12.6. The standard InChI is InChI=1S/C10H11ClO/c1-3-9(12)10-7(2)5-4-6-8(10)11/h3-6,9,12H,1H2,2H3. The number of halogens is 1. The molecule has 1 nitrogen and oxygen atoms in total. The van der Waals surface area contributed by atoms with Crippen LogP contribution in [0.3, 0.4) is 0 Å². The minimum atomic E-state index is -0.668. The van der Waals surface area contributed by atoms with Crippen molar-refractivity contribution in [1.82, 2.24) is 0 Å². The molecule has 12 heavy (non-hydrogen) atoms. The Kier molecular flexibility index (Phi) is 2.90. The van der Waals surface area contributed by atoms with E-state index in [9.17, 15) is 5.11 Å². The lowest BCUT2D eigenvalue weighted by Gasteiger charge is -2.10.